The van der Waals surface area contributed by atoms with Gasteiger partial charge in [0, 0.05) is 30.0 Å². The zero-order valence-electron chi connectivity index (χ0n) is 18.6. The average Bonchev–Trinajstić information content (AvgIpc) is 3.05. The molecule has 30 heavy (non-hydrogen) atoms. The van der Waals surface area contributed by atoms with Gasteiger partial charge in [0.25, 0.3) is 0 Å². The molecule has 162 valence electrons. The first-order valence-electron chi connectivity index (χ1n) is 11.3. The Labute approximate surface area is 178 Å². The Morgan fingerprint density at radius 3 is 2.67 bits per heavy atom. The normalized spacial score (nSPS) is 44.4. The van der Waals surface area contributed by atoms with Crippen LogP contribution in [0.3, 0.4) is 0 Å². The quantitative estimate of drug-likeness (QED) is 0.653. The third-order valence-corrected chi connectivity index (χ3v) is 9.83. The van der Waals surface area contributed by atoms with Crippen molar-refractivity contribution in [2.75, 3.05) is 13.7 Å². The lowest BCUT2D eigenvalue weighted by molar-refractivity contribution is -0.254. The molecule has 1 aromatic rings. The van der Waals surface area contributed by atoms with Gasteiger partial charge in [-0.3, -0.25) is 0 Å². The van der Waals surface area contributed by atoms with Gasteiger partial charge >= 0.3 is 0 Å². The molecule has 2 aliphatic heterocycles. The summed E-state index contributed by atoms with van der Waals surface area (Å²) >= 11 is 0. The van der Waals surface area contributed by atoms with Crippen LogP contribution in [0.5, 0.6) is 11.5 Å². The summed E-state index contributed by atoms with van der Waals surface area (Å²) < 4.78 is 13.1. The summed E-state index contributed by atoms with van der Waals surface area (Å²) in [5.74, 6) is 0.733. The fourth-order valence-corrected chi connectivity index (χ4v) is 7.89. The van der Waals surface area contributed by atoms with Crippen molar-refractivity contribution >= 4 is 0 Å². The van der Waals surface area contributed by atoms with E-state index >= 15 is 0 Å². The van der Waals surface area contributed by atoms with E-state index in [0.717, 1.165) is 25.8 Å². The maximum absolute atomic E-state index is 11.9. The maximum atomic E-state index is 11.9. The molecule has 4 bridgehead atoms. The van der Waals surface area contributed by atoms with E-state index in [-0.39, 0.29) is 40.1 Å². The van der Waals surface area contributed by atoms with Crippen LogP contribution in [0.15, 0.2) is 24.3 Å². The Bertz CT molecular complexity index is 978. The molecular formula is C25H33NO4. The molecule has 2 spiro atoms. The molecule has 5 nitrogen and oxygen atoms in total. The van der Waals surface area contributed by atoms with Gasteiger partial charge in [0.15, 0.2) is 11.5 Å². The minimum absolute atomic E-state index is 0.126. The first kappa shape index (κ1) is 19.1. The van der Waals surface area contributed by atoms with Gasteiger partial charge in [-0.25, -0.2) is 0 Å². The molecule has 7 atom stereocenters. The zero-order chi connectivity index (χ0) is 21.3. The lowest BCUT2D eigenvalue weighted by Gasteiger charge is -2.71. The van der Waals surface area contributed by atoms with Gasteiger partial charge in [-0.15, -0.1) is 0 Å². The van der Waals surface area contributed by atoms with Crippen LogP contribution in [-0.2, 0) is 16.6 Å². The first-order valence-corrected chi connectivity index (χ1v) is 11.3. The highest BCUT2D eigenvalue weighted by Gasteiger charge is 2.80. The van der Waals surface area contributed by atoms with Gasteiger partial charge in [0.1, 0.15) is 11.7 Å². The lowest BCUT2D eigenvalue weighted by atomic mass is 9.35. The van der Waals surface area contributed by atoms with Crippen LogP contribution in [0.2, 0.25) is 0 Å². The molecule has 3 N–H and O–H groups in total. The molecule has 0 amide bonds. The predicted molar refractivity (Wildman–Crippen MR) is 114 cm³/mol. The van der Waals surface area contributed by atoms with E-state index in [1.165, 1.54) is 11.1 Å². The molecule has 2 fully saturated rings. The highest BCUT2D eigenvalue weighted by atomic mass is 16.6. The van der Waals surface area contributed by atoms with Crippen LogP contribution in [-0.4, -0.2) is 47.2 Å². The van der Waals surface area contributed by atoms with Crippen LogP contribution in [0.4, 0.5) is 0 Å². The van der Waals surface area contributed by atoms with Crippen LogP contribution >= 0.6 is 0 Å². The molecule has 6 aliphatic rings. The van der Waals surface area contributed by atoms with Crippen LogP contribution < -0.4 is 10.1 Å². The number of nitrogens with one attached hydrogen (secondary N) is 1. The van der Waals surface area contributed by atoms with E-state index in [1.54, 1.807) is 13.2 Å². The maximum Gasteiger partial charge on any atom is 0.165 e. The van der Waals surface area contributed by atoms with Crippen LogP contribution in [0.25, 0.3) is 0 Å². The third-order valence-electron chi connectivity index (χ3n) is 9.83. The number of fused-ring (bicyclic) bond motifs is 1. The summed E-state index contributed by atoms with van der Waals surface area (Å²) in [7, 11) is 1.75. The zero-order valence-corrected chi connectivity index (χ0v) is 18.6. The summed E-state index contributed by atoms with van der Waals surface area (Å²) in [4.78, 5) is 0. The molecular weight excluding hydrogens is 378 g/mol. The Morgan fingerprint density at radius 1 is 1.20 bits per heavy atom. The molecule has 7 rings (SSSR count). The number of piperidine rings is 1. The minimum atomic E-state index is -0.961. The van der Waals surface area contributed by atoms with Gasteiger partial charge in [0.2, 0.25) is 0 Å². The number of methoxy groups -OCH3 is 1. The molecule has 2 heterocycles. The van der Waals surface area contributed by atoms with Crippen molar-refractivity contribution in [2.24, 2.45) is 16.7 Å². The number of aliphatic hydroxyl groups is 1. The van der Waals surface area contributed by atoms with E-state index < -0.39 is 11.2 Å². The summed E-state index contributed by atoms with van der Waals surface area (Å²) in [6, 6.07) is 4.13. The second-order valence-corrected chi connectivity index (χ2v) is 11.5. The van der Waals surface area contributed by atoms with Crippen LogP contribution in [0.1, 0.15) is 51.7 Å². The standard InChI is InChI=1S/C25H33NO4/c1-21(2,3)22(4,28)16-13-23-8-9-25(16,29-5)20-24(23)10-11-26-17(23)12-14-6-7-15(27)19(30-20)18(14)24/h6-9,16-17,20,26-28H,10-13H2,1-5H3/t16?,17?,20?,22?,23?,24-,25?/m0/s1. The number of hydrogen-bond acceptors (Lipinski definition) is 5. The fraction of sp³-hybridized carbons (Fsp3) is 0.680. The first-order chi connectivity index (χ1) is 14.1. The van der Waals surface area contributed by atoms with Crippen molar-refractivity contribution < 1.29 is 19.7 Å². The summed E-state index contributed by atoms with van der Waals surface area (Å²) in [6.45, 7) is 9.19. The van der Waals surface area contributed by atoms with E-state index in [1.807, 2.05) is 6.92 Å². The molecule has 1 saturated heterocycles. The van der Waals surface area contributed by atoms with Crippen molar-refractivity contribution in [3.05, 3.63) is 35.4 Å². The largest absolute Gasteiger partial charge is 0.504 e. The summed E-state index contributed by atoms with van der Waals surface area (Å²) in [5.41, 5.74) is 0.0396. The Morgan fingerprint density at radius 2 is 1.97 bits per heavy atom. The van der Waals surface area contributed by atoms with Crippen molar-refractivity contribution in [3.63, 3.8) is 0 Å². The predicted octanol–water partition coefficient (Wildman–Crippen LogP) is 3.07. The number of aromatic hydroxyl groups is 1. The fourth-order valence-electron chi connectivity index (χ4n) is 7.89. The molecule has 0 radical (unpaired) electrons. The van der Waals surface area contributed by atoms with E-state index in [4.69, 9.17) is 9.47 Å². The lowest BCUT2D eigenvalue weighted by Crippen LogP contribution is -2.81. The Hall–Kier alpha value is -1.56. The summed E-state index contributed by atoms with van der Waals surface area (Å²) in [5, 5.41) is 26.5. The molecule has 0 aromatic heterocycles. The Kier molecular flexibility index (Phi) is 3.35. The van der Waals surface area contributed by atoms with E-state index in [9.17, 15) is 10.2 Å². The van der Waals surface area contributed by atoms with Crippen molar-refractivity contribution in [1.29, 1.82) is 0 Å². The van der Waals surface area contributed by atoms with Gasteiger partial charge in [-0.05, 0) is 49.8 Å². The number of phenolic OH excluding ortho intramolecular Hbond substituents is 1. The highest BCUT2D eigenvalue weighted by molar-refractivity contribution is 5.65. The second kappa shape index (κ2) is 5.25. The monoisotopic (exact) mass is 411 g/mol. The smallest absolute Gasteiger partial charge is 0.165 e. The summed E-state index contributed by atoms with van der Waals surface area (Å²) in [6.07, 6.45) is 7.00. The molecule has 5 heteroatoms. The number of benzene rings is 1. The van der Waals surface area contributed by atoms with Crippen LogP contribution in [0, 0.1) is 16.7 Å². The highest BCUT2D eigenvalue weighted by Crippen LogP contribution is 2.75. The van der Waals surface area contributed by atoms with Crippen molar-refractivity contribution in [1.82, 2.24) is 5.32 Å². The molecule has 4 aliphatic carbocycles. The number of rotatable bonds is 2. The van der Waals surface area contributed by atoms with Gasteiger partial charge in [0.05, 0.1) is 11.0 Å². The second-order valence-electron chi connectivity index (χ2n) is 11.5. The minimum Gasteiger partial charge on any atom is -0.504 e. The van der Waals surface area contributed by atoms with Gasteiger partial charge in [-0.2, -0.15) is 0 Å². The van der Waals surface area contributed by atoms with Crippen molar-refractivity contribution in [3.8, 4) is 11.5 Å². The van der Waals surface area contributed by atoms with Gasteiger partial charge in [-0.1, -0.05) is 39.0 Å². The molecule has 1 saturated carbocycles. The van der Waals surface area contributed by atoms with E-state index in [2.05, 4.69) is 44.3 Å². The number of ether oxygens (including phenoxy) is 2. The van der Waals surface area contributed by atoms with Crippen molar-refractivity contribution in [2.45, 2.75) is 75.7 Å². The van der Waals surface area contributed by atoms with Gasteiger partial charge < -0.3 is 25.0 Å². The van der Waals surface area contributed by atoms with E-state index in [0.29, 0.717) is 5.75 Å². The SMILES string of the molecule is COC12C=CC3(CC1C(C)(O)C(C)(C)C)C1Cc4ccc(O)c5c4[C@@]3(CCN1)C2O5. The molecule has 1 aromatic carbocycles. The molecule has 6 unspecified atom stereocenters. The average molecular weight is 412 g/mol. The topological polar surface area (TPSA) is 71.0 Å². The number of phenols is 1. The third kappa shape index (κ3) is 1.73. The number of hydrogen-bond donors (Lipinski definition) is 3. The Balaban J connectivity index is 1.67.